The molecule has 0 bridgehead atoms. The van der Waals surface area contributed by atoms with Crippen molar-refractivity contribution in [1.29, 1.82) is 0 Å². The summed E-state index contributed by atoms with van der Waals surface area (Å²) >= 11 is 1.28. The molecule has 0 unspecified atom stereocenters. The fraction of sp³-hybridized carbons (Fsp3) is 0.222. The summed E-state index contributed by atoms with van der Waals surface area (Å²) < 4.78 is 53.2. The lowest BCUT2D eigenvalue weighted by molar-refractivity contribution is -0.138. The first-order valence-corrected chi connectivity index (χ1v) is 9.31. The molecule has 1 aromatic carbocycles. The van der Waals surface area contributed by atoms with Crippen molar-refractivity contribution in [2.24, 2.45) is 0 Å². The molecule has 0 fully saturated rings. The molecule has 2 N–H and O–H groups in total. The number of hydrogen-bond donors (Lipinski definition) is 2. The van der Waals surface area contributed by atoms with Gasteiger partial charge in [-0.1, -0.05) is 16.6 Å². The van der Waals surface area contributed by atoms with E-state index >= 15 is 0 Å². The second kappa shape index (κ2) is 9.03. The Bertz CT molecular complexity index is 1010. The predicted octanol–water partition coefficient (Wildman–Crippen LogP) is 4.05. The molecule has 0 radical (unpaired) electrons. The van der Waals surface area contributed by atoms with Crippen LogP contribution in [0.25, 0.3) is 11.1 Å². The molecule has 1 aliphatic rings. The van der Waals surface area contributed by atoms with Gasteiger partial charge in [0.15, 0.2) is 12.5 Å². The number of carbonyl (C=O) groups is 1. The minimum atomic E-state index is -4.37. The molecule has 158 valence electrons. The van der Waals surface area contributed by atoms with Gasteiger partial charge < -0.3 is 15.3 Å². The number of alkyl halides is 4. The van der Waals surface area contributed by atoms with Crippen LogP contribution >= 0.6 is 11.5 Å². The Labute approximate surface area is 172 Å². The van der Waals surface area contributed by atoms with Crippen molar-refractivity contribution in [2.45, 2.75) is 12.7 Å². The summed E-state index contributed by atoms with van der Waals surface area (Å²) in [5, 5.41) is 16.4. The lowest BCUT2D eigenvalue weighted by Crippen LogP contribution is -2.22. The van der Waals surface area contributed by atoms with E-state index < -0.39 is 24.4 Å². The highest BCUT2D eigenvalue weighted by atomic mass is 32.1. The van der Waals surface area contributed by atoms with Crippen molar-refractivity contribution in [3.05, 3.63) is 53.2 Å². The van der Waals surface area contributed by atoms with E-state index in [1.165, 1.54) is 17.6 Å². The lowest BCUT2D eigenvalue weighted by atomic mass is 10.0. The normalized spacial score (nSPS) is 12.6. The summed E-state index contributed by atoms with van der Waals surface area (Å²) in [6.07, 6.45) is -2.79. The summed E-state index contributed by atoms with van der Waals surface area (Å²) in [5.41, 5.74) is 2.11. The van der Waals surface area contributed by atoms with Crippen molar-refractivity contribution in [3.8, 4) is 11.1 Å². The first-order chi connectivity index (χ1) is 14.3. The molecule has 0 saturated heterocycles. The van der Waals surface area contributed by atoms with Crippen molar-refractivity contribution >= 4 is 29.0 Å². The largest absolute Gasteiger partial charge is 0.479 e. The second-order valence-electron chi connectivity index (χ2n) is 6.13. The van der Waals surface area contributed by atoms with Gasteiger partial charge in [0.05, 0.1) is 30.2 Å². The van der Waals surface area contributed by atoms with Crippen LogP contribution in [0, 0.1) is 0 Å². The summed E-state index contributed by atoms with van der Waals surface area (Å²) in [6, 6.07) is 7.10. The maximum atomic E-state index is 12.9. The number of halogens is 4. The van der Waals surface area contributed by atoms with Gasteiger partial charge in [-0.25, -0.2) is 14.2 Å². The van der Waals surface area contributed by atoms with Crippen molar-refractivity contribution in [3.63, 3.8) is 0 Å². The SMILES string of the molecule is FC(F)(F)c1cccc(-c2cnc3c(c2)N(Cc2csnn2)CN3)c1.O=C(O)CF. The molecule has 0 atom stereocenters. The van der Waals surface area contributed by atoms with Crippen LogP contribution in [0.3, 0.4) is 0 Å². The molecule has 3 heterocycles. The molecule has 0 spiro atoms. The maximum absolute atomic E-state index is 12.9. The third kappa shape index (κ3) is 5.20. The zero-order chi connectivity index (χ0) is 21.7. The van der Waals surface area contributed by atoms with Crippen LogP contribution in [0.1, 0.15) is 11.3 Å². The fourth-order valence-electron chi connectivity index (χ4n) is 2.71. The Morgan fingerprint density at radius 1 is 1.27 bits per heavy atom. The lowest BCUT2D eigenvalue weighted by Gasteiger charge is -2.16. The number of nitrogens with zero attached hydrogens (tertiary/aromatic N) is 4. The average Bonchev–Trinajstić information content (AvgIpc) is 3.38. The van der Waals surface area contributed by atoms with Gasteiger partial charge in [-0.3, -0.25) is 0 Å². The second-order valence-corrected chi connectivity index (χ2v) is 6.74. The van der Waals surface area contributed by atoms with Gasteiger partial charge in [0, 0.05) is 17.1 Å². The maximum Gasteiger partial charge on any atom is 0.416 e. The van der Waals surface area contributed by atoms with Gasteiger partial charge >= 0.3 is 12.1 Å². The summed E-state index contributed by atoms with van der Waals surface area (Å²) in [6.45, 7) is -0.157. The van der Waals surface area contributed by atoms with E-state index in [1.54, 1.807) is 12.3 Å². The number of benzene rings is 1. The van der Waals surface area contributed by atoms with Crippen molar-refractivity contribution in [1.82, 2.24) is 14.6 Å². The third-order valence-corrected chi connectivity index (χ3v) is 4.59. The van der Waals surface area contributed by atoms with Crippen LogP contribution in [0.15, 0.2) is 41.9 Å². The Balaban J connectivity index is 0.000000461. The third-order valence-electron chi connectivity index (χ3n) is 4.04. The van der Waals surface area contributed by atoms with Gasteiger partial charge in [0.1, 0.15) is 0 Å². The average molecular weight is 441 g/mol. The number of rotatable bonds is 4. The molecule has 12 heteroatoms. The highest BCUT2D eigenvalue weighted by Crippen LogP contribution is 2.36. The van der Waals surface area contributed by atoms with Gasteiger partial charge in [-0.15, -0.1) is 5.10 Å². The molecule has 7 nitrogen and oxygen atoms in total. The van der Waals surface area contributed by atoms with Crippen LogP contribution in [0.2, 0.25) is 0 Å². The Kier molecular flexibility index (Phi) is 6.45. The fourth-order valence-corrected chi connectivity index (χ4v) is 3.15. The number of nitrogens with one attached hydrogen (secondary N) is 1. The van der Waals surface area contributed by atoms with E-state index in [2.05, 4.69) is 19.9 Å². The molecule has 1 aliphatic heterocycles. The van der Waals surface area contributed by atoms with Crippen LogP contribution in [0.4, 0.5) is 29.1 Å². The minimum absolute atomic E-state index is 0.479. The van der Waals surface area contributed by atoms with E-state index in [0.717, 1.165) is 23.5 Å². The molecule has 0 saturated carbocycles. The zero-order valence-electron chi connectivity index (χ0n) is 15.2. The number of fused-ring (bicyclic) bond motifs is 1. The van der Waals surface area contributed by atoms with Crippen LogP contribution in [-0.2, 0) is 17.5 Å². The van der Waals surface area contributed by atoms with Gasteiger partial charge in [-0.2, -0.15) is 13.2 Å². The van der Waals surface area contributed by atoms with Crippen LogP contribution in [0.5, 0.6) is 0 Å². The monoisotopic (exact) mass is 441 g/mol. The zero-order valence-corrected chi connectivity index (χ0v) is 16.0. The number of aliphatic carboxylic acids is 1. The Hall–Kier alpha value is -3.28. The molecule has 0 aliphatic carbocycles. The smallest absolute Gasteiger partial charge is 0.416 e. The molecular formula is C18H15F4N5O2S. The summed E-state index contributed by atoms with van der Waals surface area (Å²) in [4.78, 5) is 15.4. The van der Waals surface area contributed by atoms with Gasteiger partial charge in [0.2, 0.25) is 0 Å². The number of anilines is 2. The number of aromatic nitrogens is 3. The molecule has 4 rings (SSSR count). The van der Waals surface area contributed by atoms with Crippen molar-refractivity contribution in [2.75, 3.05) is 23.6 Å². The van der Waals surface area contributed by atoms with E-state index in [9.17, 15) is 17.6 Å². The molecule has 0 amide bonds. The van der Waals surface area contributed by atoms with Gasteiger partial charge in [0.25, 0.3) is 0 Å². The first kappa shape index (κ1) is 21.4. The van der Waals surface area contributed by atoms with E-state index in [-0.39, 0.29) is 0 Å². The van der Waals surface area contributed by atoms with E-state index in [4.69, 9.17) is 9.90 Å². The Morgan fingerprint density at radius 2 is 2.03 bits per heavy atom. The topological polar surface area (TPSA) is 91.2 Å². The highest BCUT2D eigenvalue weighted by molar-refractivity contribution is 7.03. The van der Waals surface area contributed by atoms with Crippen molar-refractivity contribution < 1.29 is 27.5 Å². The number of pyridine rings is 1. The number of carboxylic acids is 1. The summed E-state index contributed by atoms with van der Waals surface area (Å²) in [7, 11) is 0. The summed E-state index contributed by atoms with van der Waals surface area (Å²) in [5.74, 6) is -0.705. The first-order valence-electron chi connectivity index (χ1n) is 8.48. The Morgan fingerprint density at radius 3 is 2.67 bits per heavy atom. The van der Waals surface area contributed by atoms with Crippen LogP contribution in [-0.4, -0.2) is 39.0 Å². The molecular weight excluding hydrogens is 426 g/mol. The molecule has 30 heavy (non-hydrogen) atoms. The number of carboxylic acid groups (broad SMARTS) is 1. The standard InChI is InChI=1S/C16H12F3N5S.C2H3FO2/c17-16(18,19)12-3-1-2-10(4-12)11-5-14-15(20-6-11)21-9-24(14)7-13-8-25-23-22-13;3-1-2(4)5/h1-6,8H,7,9H2,(H,20,21);1H2,(H,4,5). The minimum Gasteiger partial charge on any atom is -0.479 e. The molecule has 2 aromatic heterocycles. The predicted molar refractivity (Wildman–Crippen MR) is 103 cm³/mol. The highest BCUT2D eigenvalue weighted by Gasteiger charge is 2.30. The van der Waals surface area contributed by atoms with Crippen LogP contribution < -0.4 is 10.2 Å². The number of hydrogen-bond acceptors (Lipinski definition) is 7. The van der Waals surface area contributed by atoms with E-state index in [0.29, 0.717) is 30.2 Å². The quantitative estimate of drug-likeness (QED) is 0.591. The van der Waals surface area contributed by atoms with Gasteiger partial charge in [-0.05, 0) is 35.3 Å². The van der Waals surface area contributed by atoms with E-state index in [1.807, 2.05) is 16.3 Å². The molecule has 3 aromatic rings.